The van der Waals surface area contributed by atoms with Gasteiger partial charge in [-0.05, 0) is 17.5 Å². The largest absolute Gasteiger partial charge is 0.386 e. The molecule has 0 radical (unpaired) electrons. The SMILES string of the molecule is CCc1ccc(CC(O)c2cnsn2)cc1. The van der Waals surface area contributed by atoms with Crippen molar-refractivity contribution in [2.45, 2.75) is 25.9 Å². The second-order valence-corrected chi connectivity index (χ2v) is 4.28. The summed E-state index contributed by atoms with van der Waals surface area (Å²) in [5.74, 6) is 0. The molecule has 1 atom stereocenters. The highest BCUT2D eigenvalue weighted by Gasteiger charge is 2.10. The Hall–Kier alpha value is -1.26. The van der Waals surface area contributed by atoms with Gasteiger partial charge in [-0.1, -0.05) is 31.2 Å². The van der Waals surface area contributed by atoms with Gasteiger partial charge in [0, 0.05) is 6.42 Å². The van der Waals surface area contributed by atoms with E-state index >= 15 is 0 Å². The number of aryl methyl sites for hydroxylation is 1. The molecule has 0 aliphatic rings. The molecule has 4 heteroatoms. The number of nitrogens with zero attached hydrogens (tertiary/aromatic N) is 2. The van der Waals surface area contributed by atoms with E-state index < -0.39 is 6.10 Å². The topological polar surface area (TPSA) is 46.0 Å². The zero-order chi connectivity index (χ0) is 11.4. The van der Waals surface area contributed by atoms with Crippen LogP contribution in [0.2, 0.25) is 0 Å². The summed E-state index contributed by atoms with van der Waals surface area (Å²) in [7, 11) is 0. The Bertz CT molecular complexity index is 425. The molecule has 2 aromatic rings. The minimum atomic E-state index is -0.550. The van der Waals surface area contributed by atoms with Gasteiger partial charge in [-0.3, -0.25) is 0 Å². The molecule has 1 unspecified atom stereocenters. The second-order valence-electron chi connectivity index (χ2n) is 3.72. The van der Waals surface area contributed by atoms with E-state index in [1.54, 1.807) is 6.20 Å². The molecule has 16 heavy (non-hydrogen) atoms. The lowest BCUT2D eigenvalue weighted by Crippen LogP contribution is -2.01. The molecule has 84 valence electrons. The average molecular weight is 234 g/mol. The van der Waals surface area contributed by atoms with Gasteiger partial charge in [-0.15, -0.1) is 0 Å². The smallest absolute Gasteiger partial charge is 0.103 e. The molecule has 0 fully saturated rings. The maximum atomic E-state index is 9.89. The molecule has 1 heterocycles. The zero-order valence-electron chi connectivity index (χ0n) is 9.13. The Morgan fingerprint density at radius 2 is 1.94 bits per heavy atom. The van der Waals surface area contributed by atoms with Gasteiger partial charge in [0.25, 0.3) is 0 Å². The van der Waals surface area contributed by atoms with Gasteiger partial charge in [0.1, 0.15) is 11.8 Å². The first kappa shape index (κ1) is 11.2. The number of rotatable bonds is 4. The summed E-state index contributed by atoms with van der Waals surface area (Å²) in [5.41, 5.74) is 3.09. The molecule has 2 rings (SSSR count). The van der Waals surface area contributed by atoms with Crippen LogP contribution in [-0.2, 0) is 12.8 Å². The molecule has 0 saturated carbocycles. The fourth-order valence-corrected chi connectivity index (χ4v) is 2.02. The third-order valence-electron chi connectivity index (χ3n) is 2.58. The van der Waals surface area contributed by atoms with Crippen molar-refractivity contribution < 1.29 is 5.11 Å². The summed E-state index contributed by atoms with van der Waals surface area (Å²) in [6.45, 7) is 2.13. The Balaban J connectivity index is 2.03. The summed E-state index contributed by atoms with van der Waals surface area (Å²) in [5, 5.41) is 9.89. The summed E-state index contributed by atoms with van der Waals surface area (Å²) in [6.07, 6.45) is 2.70. The van der Waals surface area contributed by atoms with Crippen LogP contribution in [0.15, 0.2) is 30.5 Å². The predicted molar refractivity (Wildman–Crippen MR) is 64.4 cm³/mol. The van der Waals surface area contributed by atoms with E-state index in [1.807, 2.05) is 0 Å². The van der Waals surface area contributed by atoms with Crippen molar-refractivity contribution in [1.82, 2.24) is 8.75 Å². The minimum Gasteiger partial charge on any atom is -0.386 e. The predicted octanol–water partition coefficient (Wildman–Crippen LogP) is 2.38. The highest BCUT2D eigenvalue weighted by atomic mass is 32.1. The van der Waals surface area contributed by atoms with E-state index in [0.717, 1.165) is 23.7 Å². The lowest BCUT2D eigenvalue weighted by molar-refractivity contribution is 0.174. The summed E-state index contributed by atoms with van der Waals surface area (Å²) < 4.78 is 7.91. The molecule has 0 amide bonds. The maximum Gasteiger partial charge on any atom is 0.103 e. The van der Waals surface area contributed by atoms with Crippen molar-refractivity contribution in [1.29, 1.82) is 0 Å². The molecular formula is C12H14N2OS. The van der Waals surface area contributed by atoms with Gasteiger partial charge < -0.3 is 5.11 Å². The first-order valence-electron chi connectivity index (χ1n) is 5.33. The second kappa shape index (κ2) is 5.18. The molecule has 0 saturated heterocycles. The van der Waals surface area contributed by atoms with E-state index in [2.05, 4.69) is 39.9 Å². The maximum absolute atomic E-state index is 9.89. The molecule has 1 aromatic carbocycles. The van der Waals surface area contributed by atoms with Gasteiger partial charge in [0.2, 0.25) is 0 Å². The Labute approximate surface area is 99.1 Å². The fourth-order valence-electron chi connectivity index (χ4n) is 1.56. The van der Waals surface area contributed by atoms with Crippen molar-refractivity contribution in [2.75, 3.05) is 0 Å². The highest BCUT2D eigenvalue weighted by molar-refractivity contribution is 6.99. The fraction of sp³-hybridized carbons (Fsp3) is 0.333. The van der Waals surface area contributed by atoms with E-state index in [-0.39, 0.29) is 0 Å². The molecular weight excluding hydrogens is 220 g/mol. The molecule has 0 spiro atoms. The molecule has 1 aromatic heterocycles. The van der Waals surface area contributed by atoms with Crippen molar-refractivity contribution >= 4 is 11.7 Å². The third kappa shape index (κ3) is 2.65. The quantitative estimate of drug-likeness (QED) is 0.883. The van der Waals surface area contributed by atoms with E-state index in [0.29, 0.717) is 12.1 Å². The standard InChI is InChI=1S/C12H14N2OS/c1-2-9-3-5-10(6-4-9)7-12(15)11-8-13-16-14-11/h3-6,8,12,15H,2,7H2,1H3. The van der Waals surface area contributed by atoms with Crippen molar-refractivity contribution in [3.8, 4) is 0 Å². The number of aliphatic hydroxyl groups is 1. The number of benzene rings is 1. The molecule has 0 bridgehead atoms. The number of aliphatic hydroxyl groups excluding tert-OH is 1. The van der Waals surface area contributed by atoms with Crippen LogP contribution in [0, 0.1) is 0 Å². The molecule has 0 aliphatic carbocycles. The Kier molecular flexibility index (Phi) is 3.64. The molecule has 1 N–H and O–H groups in total. The average Bonchev–Trinajstić information content (AvgIpc) is 2.83. The van der Waals surface area contributed by atoms with Gasteiger partial charge in [-0.2, -0.15) is 8.75 Å². The van der Waals surface area contributed by atoms with E-state index in [9.17, 15) is 5.11 Å². The highest BCUT2D eigenvalue weighted by Crippen LogP contribution is 2.17. The van der Waals surface area contributed by atoms with Crippen molar-refractivity contribution in [2.24, 2.45) is 0 Å². The Morgan fingerprint density at radius 1 is 1.25 bits per heavy atom. The first-order chi connectivity index (χ1) is 7.79. The van der Waals surface area contributed by atoms with Gasteiger partial charge in [0.05, 0.1) is 17.9 Å². The monoisotopic (exact) mass is 234 g/mol. The number of hydrogen-bond donors (Lipinski definition) is 1. The minimum absolute atomic E-state index is 0.550. The summed E-state index contributed by atoms with van der Waals surface area (Å²) in [4.78, 5) is 0. The van der Waals surface area contributed by atoms with Crippen LogP contribution in [-0.4, -0.2) is 13.9 Å². The van der Waals surface area contributed by atoms with Crippen LogP contribution in [0.4, 0.5) is 0 Å². The number of aromatic nitrogens is 2. The lowest BCUT2D eigenvalue weighted by Gasteiger charge is -2.07. The van der Waals surface area contributed by atoms with Crippen LogP contribution >= 0.6 is 11.7 Å². The van der Waals surface area contributed by atoms with Crippen LogP contribution in [0.1, 0.15) is 29.8 Å². The van der Waals surface area contributed by atoms with Gasteiger partial charge >= 0.3 is 0 Å². The van der Waals surface area contributed by atoms with E-state index in [1.165, 1.54) is 5.56 Å². The van der Waals surface area contributed by atoms with E-state index in [4.69, 9.17) is 0 Å². The molecule has 0 aliphatic heterocycles. The molecule has 3 nitrogen and oxygen atoms in total. The lowest BCUT2D eigenvalue weighted by atomic mass is 10.0. The summed E-state index contributed by atoms with van der Waals surface area (Å²) in [6, 6.07) is 8.31. The van der Waals surface area contributed by atoms with Crippen LogP contribution in [0.25, 0.3) is 0 Å². The Morgan fingerprint density at radius 3 is 2.50 bits per heavy atom. The normalized spacial score (nSPS) is 12.6. The van der Waals surface area contributed by atoms with Crippen LogP contribution < -0.4 is 0 Å². The first-order valence-corrected chi connectivity index (χ1v) is 6.06. The number of hydrogen-bond acceptors (Lipinski definition) is 4. The van der Waals surface area contributed by atoms with Crippen molar-refractivity contribution in [3.05, 3.63) is 47.3 Å². The van der Waals surface area contributed by atoms with Crippen molar-refractivity contribution in [3.63, 3.8) is 0 Å². The van der Waals surface area contributed by atoms with Crippen LogP contribution in [0.5, 0.6) is 0 Å². The van der Waals surface area contributed by atoms with Gasteiger partial charge in [-0.25, -0.2) is 0 Å². The zero-order valence-corrected chi connectivity index (χ0v) is 9.94. The third-order valence-corrected chi connectivity index (χ3v) is 3.07. The summed E-state index contributed by atoms with van der Waals surface area (Å²) >= 11 is 1.12. The van der Waals surface area contributed by atoms with Gasteiger partial charge in [0.15, 0.2) is 0 Å². The van der Waals surface area contributed by atoms with Crippen LogP contribution in [0.3, 0.4) is 0 Å².